The van der Waals surface area contributed by atoms with E-state index in [0.29, 0.717) is 5.69 Å². The molecule has 0 aliphatic heterocycles. The highest BCUT2D eigenvalue weighted by Gasteiger charge is 2.45. The summed E-state index contributed by atoms with van der Waals surface area (Å²) >= 11 is 0. The van der Waals surface area contributed by atoms with Crippen molar-refractivity contribution in [2.24, 2.45) is 0 Å². The highest BCUT2D eigenvalue weighted by atomic mass is 79.9. The molecule has 0 saturated heterocycles. The van der Waals surface area contributed by atoms with Crippen LogP contribution in [0.15, 0.2) is 109 Å². The third-order valence-electron chi connectivity index (χ3n) is 5.11. The third kappa shape index (κ3) is 4.27. The third-order valence-corrected chi connectivity index (χ3v) is 9.46. The first kappa shape index (κ1) is 21.2. The van der Waals surface area contributed by atoms with Crippen LogP contribution in [0.25, 0.3) is 0 Å². The molecular weight excluding hydrogens is 444 g/mol. The number of anilines is 1. The average molecular weight is 466 g/mol. The van der Waals surface area contributed by atoms with Crippen LogP contribution in [0.3, 0.4) is 0 Å². The maximum Gasteiger partial charge on any atom is 0.125 e. The Kier molecular flexibility index (Phi) is 6.84. The smallest absolute Gasteiger partial charge is 0.125 e. The first-order chi connectivity index (χ1) is 13.7. The van der Waals surface area contributed by atoms with Gasteiger partial charge in [0.1, 0.15) is 35.2 Å². The predicted octanol–water partition coefficient (Wildman–Crippen LogP) is 1.91. The van der Waals surface area contributed by atoms with Crippen molar-refractivity contribution in [1.29, 1.82) is 0 Å². The van der Waals surface area contributed by atoms with Gasteiger partial charge in [-0.05, 0) is 48.5 Å². The van der Waals surface area contributed by atoms with Crippen molar-refractivity contribution in [1.82, 2.24) is 0 Å². The standard InChI is InChI=1S/C25H22FNP.BrH/c26-21-17-16-20(25(27)18-21)19-28(22-10-4-1-5-11-22,23-12-6-2-7-13-23)24-14-8-3-9-15-24;/h1-18H,19,27H2;1H/q+1;/p-1. The van der Waals surface area contributed by atoms with Crippen LogP contribution in [0.4, 0.5) is 10.1 Å². The van der Waals surface area contributed by atoms with E-state index >= 15 is 0 Å². The number of nitrogens with two attached hydrogens (primary N) is 1. The minimum Gasteiger partial charge on any atom is -1.00 e. The molecule has 4 aromatic carbocycles. The Labute approximate surface area is 182 Å². The fraction of sp³-hybridized carbons (Fsp3) is 0.0400. The van der Waals surface area contributed by atoms with Gasteiger partial charge in [-0.3, -0.25) is 0 Å². The summed E-state index contributed by atoms with van der Waals surface area (Å²) in [6.45, 7) is 0. The topological polar surface area (TPSA) is 26.0 Å². The predicted molar refractivity (Wildman–Crippen MR) is 120 cm³/mol. The number of benzene rings is 4. The van der Waals surface area contributed by atoms with Crippen molar-refractivity contribution < 1.29 is 21.4 Å². The van der Waals surface area contributed by atoms with Crippen LogP contribution in [0.2, 0.25) is 0 Å². The molecule has 146 valence electrons. The van der Waals surface area contributed by atoms with E-state index in [9.17, 15) is 4.39 Å². The van der Waals surface area contributed by atoms with Crippen LogP contribution in [-0.4, -0.2) is 0 Å². The van der Waals surface area contributed by atoms with Crippen molar-refractivity contribution in [3.8, 4) is 0 Å². The van der Waals surface area contributed by atoms with Gasteiger partial charge in [0, 0.05) is 11.3 Å². The fourth-order valence-corrected chi connectivity index (χ4v) is 8.02. The van der Waals surface area contributed by atoms with Gasteiger partial charge >= 0.3 is 0 Å². The van der Waals surface area contributed by atoms with Crippen LogP contribution in [0.1, 0.15) is 5.56 Å². The molecule has 0 unspecified atom stereocenters. The molecule has 0 heterocycles. The fourth-order valence-electron chi connectivity index (χ4n) is 3.73. The van der Waals surface area contributed by atoms with Gasteiger partial charge in [0.15, 0.2) is 0 Å². The molecule has 4 aromatic rings. The summed E-state index contributed by atoms with van der Waals surface area (Å²) < 4.78 is 13.7. The number of hydrogen-bond acceptors (Lipinski definition) is 1. The quantitative estimate of drug-likeness (QED) is 0.353. The van der Waals surface area contributed by atoms with Gasteiger partial charge < -0.3 is 22.7 Å². The van der Waals surface area contributed by atoms with Crippen molar-refractivity contribution in [2.45, 2.75) is 6.16 Å². The van der Waals surface area contributed by atoms with Crippen LogP contribution in [0, 0.1) is 5.82 Å². The van der Waals surface area contributed by atoms with Gasteiger partial charge in [-0.15, -0.1) is 0 Å². The summed E-state index contributed by atoms with van der Waals surface area (Å²) in [6.07, 6.45) is 0.747. The number of rotatable bonds is 5. The van der Waals surface area contributed by atoms with Crippen molar-refractivity contribution in [3.63, 3.8) is 0 Å². The lowest BCUT2D eigenvalue weighted by atomic mass is 10.2. The summed E-state index contributed by atoms with van der Waals surface area (Å²) in [5.41, 5.74) is 7.73. The lowest BCUT2D eigenvalue weighted by Crippen LogP contribution is -3.00. The second kappa shape index (κ2) is 9.35. The summed E-state index contributed by atoms with van der Waals surface area (Å²) in [5, 5.41) is 3.86. The van der Waals surface area contributed by atoms with E-state index in [1.165, 1.54) is 28.0 Å². The summed E-state index contributed by atoms with van der Waals surface area (Å²) in [6, 6.07) is 36.6. The van der Waals surface area contributed by atoms with Crippen LogP contribution < -0.4 is 38.6 Å². The molecule has 0 aromatic heterocycles. The first-order valence-electron chi connectivity index (χ1n) is 9.29. The Morgan fingerprint density at radius 3 is 1.41 bits per heavy atom. The Morgan fingerprint density at radius 1 is 0.621 bits per heavy atom. The molecule has 1 nitrogen and oxygen atoms in total. The van der Waals surface area contributed by atoms with Gasteiger partial charge in [-0.25, -0.2) is 4.39 Å². The maximum atomic E-state index is 13.7. The van der Waals surface area contributed by atoms with Crippen molar-refractivity contribution in [3.05, 3.63) is 121 Å². The molecule has 0 saturated carbocycles. The molecule has 0 bridgehead atoms. The second-order valence-electron chi connectivity index (χ2n) is 6.82. The molecule has 0 spiro atoms. The monoisotopic (exact) mass is 465 g/mol. The normalized spacial score (nSPS) is 10.9. The SMILES string of the molecule is Nc1cc(F)ccc1C[P+](c1ccccc1)(c1ccccc1)c1ccccc1.[Br-]. The van der Waals surface area contributed by atoms with Crippen LogP contribution in [-0.2, 0) is 6.16 Å². The second-order valence-corrected chi connectivity index (χ2v) is 10.3. The first-order valence-corrected chi connectivity index (χ1v) is 11.3. The van der Waals surface area contributed by atoms with Gasteiger partial charge in [0.2, 0.25) is 0 Å². The van der Waals surface area contributed by atoms with Crippen molar-refractivity contribution in [2.75, 3.05) is 5.73 Å². The van der Waals surface area contributed by atoms with E-state index < -0.39 is 7.26 Å². The molecule has 0 aliphatic rings. The Balaban J connectivity index is 0.00000240. The van der Waals surface area contributed by atoms with E-state index in [-0.39, 0.29) is 22.8 Å². The molecule has 0 radical (unpaired) electrons. The minimum atomic E-state index is -2.02. The van der Waals surface area contributed by atoms with Crippen LogP contribution in [0.5, 0.6) is 0 Å². The van der Waals surface area contributed by atoms with Gasteiger partial charge in [-0.2, -0.15) is 0 Å². The largest absolute Gasteiger partial charge is 1.00 e. The van der Waals surface area contributed by atoms with Gasteiger partial charge in [-0.1, -0.05) is 60.7 Å². The Morgan fingerprint density at radius 2 is 1.03 bits per heavy atom. The average Bonchev–Trinajstić information content (AvgIpc) is 2.75. The lowest BCUT2D eigenvalue weighted by molar-refractivity contribution is -0.00000609. The maximum absolute atomic E-state index is 13.7. The molecule has 4 heteroatoms. The summed E-state index contributed by atoms with van der Waals surface area (Å²) in [4.78, 5) is 0. The Hall–Kier alpha value is -2.48. The number of halogens is 2. The zero-order valence-electron chi connectivity index (χ0n) is 15.9. The van der Waals surface area contributed by atoms with Crippen LogP contribution >= 0.6 is 7.26 Å². The van der Waals surface area contributed by atoms with Gasteiger partial charge in [0.25, 0.3) is 0 Å². The minimum absolute atomic E-state index is 0. The number of hydrogen-bond donors (Lipinski definition) is 1. The molecule has 4 rings (SSSR count). The molecule has 0 fully saturated rings. The summed E-state index contributed by atoms with van der Waals surface area (Å²) in [7, 11) is -2.02. The zero-order valence-corrected chi connectivity index (χ0v) is 18.4. The van der Waals surface area contributed by atoms with Gasteiger partial charge in [0.05, 0.1) is 0 Å². The highest BCUT2D eigenvalue weighted by Crippen LogP contribution is 2.58. The van der Waals surface area contributed by atoms with E-state index in [0.717, 1.165) is 11.7 Å². The van der Waals surface area contributed by atoms with E-state index in [1.807, 2.05) is 24.3 Å². The summed E-state index contributed by atoms with van der Waals surface area (Å²) in [5.74, 6) is -0.302. The Bertz CT molecular complexity index is 959. The molecular formula is C25H22BrFNP. The number of nitrogen functional groups attached to an aromatic ring is 1. The zero-order chi connectivity index (χ0) is 19.4. The molecule has 2 N–H and O–H groups in total. The molecule has 29 heavy (non-hydrogen) atoms. The molecule has 0 aliphatic carbocycles. The lowest BCUT2D eigenvalue weighted by Gasteiger charge is -2.28. The molecule has 0 amide bonds. The van der Waals surface area contributed by atoms with Crippen molar-refractivity contribution >= 4 is 28.9 Å². The highest BCUT2D eigenvalue weighted by molar-refractivity contribution is 7.95. The van der Waals surface area contributed by atoms with E-state index in [2.05, 4.69) is 72.8 Å². The molecule has 0 atom stereocenters. The van der Waals surface area contributed by atoms with E-state index in [1.54, 1.807) is 0 Å². The van der Waals surface area contributed by atoms with E-state index in [4.69, 9.17) is 5.73 Å².